The number of pyridine rings is 1. The van der Waals surface area contributed by atoms with Crippen LogP contribution in [0.25, 0.3) is 0 Å². The number of carbonyl (C=O) groups excluding carboxylic acids is 2. The molecule has 2 heterocycles. The van der Waals surface area contributed by atoms with Crippen molar-refractivity contribution in [1.29, 1.82) is 0 Å². The average molecular weight is 422 g/mol. The van der Waals surface area contributed by atoms with E-state index in [-0.39, 0.29) is 18.3 Å². The molecule has 1 atom stereocenters. The Bertz CT molecular complexity index is 932. The lowest BCUT2D eigenvalue weighted by Gasteiger charge is -2.20. The number of imide groups is 1. The molecular weight excluding hydrogens is 401 g/mol. The molecule has 0 saturated carbocycles. The van der Waals surface area contributed by atoms with Gasteiger partial charge in [0.25, 0.3) is 5.91 Å². The first-order valence-electron chi connectivity index (χ1n) is 9.27. The maximum Gasteiger partial charge on any atom is 0.573 e. The van der Waals surface area contributed by atoms with Crippen LogP contribution in [-0.4, -0.2) is 40.3 Å². The first-order chi connectivity index (χ1) is 14.0. The van der Waals surface area contributed by atoms with Crippen molar-refractivity contribution in [3.05, 3.63) is 48.2 Å². The van der Waals surface area contributed by atoms with Gasteiger partial charge in [-0.3, -0.25) is 4.79 Å². The second-order valence-corrected chi connectivity index (χ2v) is 7.15. The number of nitrogens with zero attached hydrogens (tertiary/aromatic N) is 3. The van der Waals surface area contributed by atoms with Gasteiger partial charge in [0.15, 0.2) is 0 Å². The third-order valence-electron chi connectivity index (χ3n) is 4.42. The van der Waals surface area contributed by atoms with Gasteiger partial charge >= 0.3 is 12.4 Å². The molecule has 3 rings (SSSR count). The minimum Gasteiger partial charge on any atom is -0.406 e. The van der Waals surface area contributed by atoms with E-state index in [2.05, 4.69) is 15.0 Å². The summed E-state index contributed by atoms with van der Waals surface area (Å²) in [6.45, 7) is 5.74. The van der Waals surface area contributed by atoms with Crippen molar-refractivity contribution in [3.63, 3.8) is 0 Å². The lowest BCUT2D eigenvalue weighted by molar-refractivity contribution is -0.274. The van der Waals surface area contributed by atoms with Crippen molar-refractivity contribution in [2.24, 2.45) is 0 Å². The summed E-state index contributed by atoms with van der Waals surface area (Å²) in [5.74, 6) is -0.235. The highest BCUT2D eigenvalue weighted by molar-refractivity contribution is 6.21. The van der Waals surface area contributed by atoms with Gasteiger partial charge < -0.3 is 15.0 Å². The molecule has 1 fully saturated rings. The third kappa shape index (κ3) is 4.81. The number of halogens is 3. The number of carbonyl (C=O) groups is 2. The summed E-state index contributed by atoms with van der Waals surface area (Å²) in [5.41, 5.74) is 0.961. The zero-order valence-electron chi connectivity index (χ0n) is 16.6. The normalized spacial score (nSPS) is 17.1. The monoisotopic (exact) mass is 422 g/mol. The highest BCUT2D eigenvalue weighted by atomic mass is 19.4. The number of ether oxygens (including phenoxy) is 1. The summed E-state index contributed by atoms with van der Waals surface area (Å²) >= 11 is 0. The summed E-state index contributed by atoms with van der Waals surface area (Å²) < 4.78 is 40.8. The number of hydrogen-bond acceptors (Lipinski definition) is 5. The van der Waals surface area contributed by atoms with Gasteiger partial charge in [-0.1, -0.05) is 0 Å². The Morgan fingerprint density at radius 3 is 2.43 bits per heavy atom. The van der Waals surface area contributed by atoms with Gasteiger partial charge in [-0.05, 0) is 62.7 Å². The van der Waals surface area contributed by atoms with Crippen LogP contribution in [0.3, 0.4) is 0 Å². The molecule has 1 aliphatic heterocycles. The highest BCUT2D eigenvalue weighted by Crippen LogP contribution is 2.30. The zero-order valence-corrected chi connectivity index (χ0v) is 16.6. The minimum atomic E-state index is -4.82. The predicted molar refractivity (Wildman–Crippen MR) is 104 cm³/mol. The third-order valence-corrected chi connectivity index (χ3v) is 4.42. The zero-order chi connectivity index (χ0) is 22.1. The lowest BCUT2D eigenvalue weighted by atomic mass is 10.2. The Balaban J connectivity index is 1.77. The van der Waals surface area contributed by atoms with E-state index in [0.29, 0.717) is 5.82 Å². The summed E-state index contributed by atoms with van der Waals surface area (Å²) in [6, 6.07) is 7.06. The number of nitrogens with one attached hydrogen (secondary N) is 1. The average Bonchev–Trinajstić information content (AvgIpc) is 2.85. The topological polar surface area (TPSA) is 74.8 Å². The Hall–Kier alpha value is -3.30. The number of aromatic nitrogens is 1. The molecule has 160 valence electrons. The molecule has 1 unspecified atom stereocenters. The molecule has 0 bridgehead atoms. The number of benzene rings is 1. The van der Waals surface area contributed by atoms with Crippen LogP contribution in [0, 0.1) is 0 Å². The van der Waals surface area contributed by atoms with Gasteiger partial charge in [0.1, 0.15) is 17.6 Å². The number of urea groups is 1. The van der Waals surface area contributed by atoms with Crippen LogP contribution in [0.1, 0.15) is 26.3 Å². The van der Waals surface area contributed by atoms with Gasteiger partial charge in [-0.15, -0.1) is 13.2 Å². The minimum absolute atomic E-state index is 0.172. The van der Waals surface area contributed by atoms with E-state index in [9.17, 15) is 22.8 Å². The first kappa shape index (κ1) is 21.4. The van der Waals surface area contributed by atoms with Crippen molar-refractivity contribution < 1.29 is 27.5 Å². The van der Waals surface area contributed by atoms with Gasteiger partial charge in [0, 0.05) is 18.8 Å². The molecule has 0 radical (unpaired) electrons. The van der Waals surface area contributed by atoms with Gasteiger partial charge in [-0.2, -0.15) is 0 Å². The van der Waals surface area contributed by atoms with Crippen molar-refractivity contribution in [2.45, 2.75) is 45.8 Å². The fourth-order valence-corrected chi connectivity index (χ4v) is 3.09. The predicted octanol–water partition coefficient (Wildman–Crippen LogP) is 4.16. The van der Waals surface area contributed by atoms with Crippen LogP contribution >= 0.6 is 0 Å². The Morgan fingerprint density at radius 2 is 1.83 bits per heavy atom. The SMILES string of the molecule is CC(C)Nc1cc(CN2C(=O)N(c3ccc(OC(F)(F)F)cc3)C(=O)C2C)ccn1. The number of amides is 3. The highest BCUT2D eigenvalue weighted by Gasteiger charge is 2.43. The fourth-order valence-electron chi connectivity index (χ4n) is 3.09. The van der Waals surface area contributed by atoms with Crippen LogP contribution in [0.2, 0.25) is 0 Å². The molecule has 0 aliphatic carbocycles. The van der Waals surface area contributed by atoms with Crippen molar-refractivity contribution >= 4 is 23.4 Å². The van der Waals surface area contributed by atoms with Crippen LogP contribution < -0.4 is 15.0 Å². The molecule has 1 N–H and O–H groups in total. The van der Waals surface area contributed by atoms with Crippen LogP contribution in [0.5, 0.6) is 5.75 Å². The molecule has 1 aromatic carbocycles. The maximum absolute atomic E-state index is 12.9. The first-order valence-corrected chi connectivity index (χ1v) is 9.27. The quantitative estimate of drug-likeness (QED) is 0.708. The van der Waals surface area contributed by atoms with Gasteiger partial charge in [0.05, 0.1) is 5.69 Å². The number of anilines is 2. The molecule has 7 nitrogen and oxygen atoms in total. The van der Waals surface area contributed by atoms with Crippen LogP contribution in [0.15, 0.2) is 42.6 Å². The van der Waals surface area contributed by atoms with E-state index in [4.69, 9.17) is 0 Å². The maximum atomic E-state index is 12.9. The Labute approximate surface area is 171 Å². The second-order valence-electron chi connectivity index (χ2n) is 7.15. The Morgan fingerprint density at radius 1 is 1.17 bits per heavy atom. The van der Waals surface area contributed by atoms with E-state index >= 15 is 0 Å². The molecule has 1 saturated heterocycles. The van der Waals surface area contributed by atoms with E-state index < -0.39 is 30.1 Å². The molecule has 0 spiro atoms. The van der Waals surface area contributed by atoms with Gasteiger partial charge in [0.2, 0.25) is 0 Å². The van der Waals surface area contributed by atoms with Crippen molar-refractivity contribution in [1.82, 2.24) is 9.88 Å². The summed E-state index contributed by atoms with van der Waals surface area (Å²) in [6.07, 6.45) is -3.20. The molecule has 3 amide bonds. The van der Waals surface area contributed by atoms with Gasteiger partial charge in [-0.25, -0.2) is 14.7 Å². The van der Waals surface area contributed by atoms with E-state index in [1.54, 1.807) is 25.3 Å². The smallest absolute Gasteiger partial charge is 0.406 e. The van der Waals surface area contributed by atoms with Crippen LogP contribution in [-0.2, 0) is 11.3 Å². The fraction of sp³-hybridized carbons (Fsp3) is 0.350. The lowest BCUT2D eigenvalue weighted by Crippen LogP contribution is -2.33. The molecule has 30 heavy (non-hydrogen) atoms. The summed E-state index contributed by atoms with van der Waals surface area (Å²) in [4.78, 5) is 32.1. The summed E-state index contributed by atoms with van der Waals surface area (Å²) in [5, 5.41) is 3.17. The standard InChI is InChI=1S/C20H21F3N4O3/c1-12(2)25-17-10-14(8-9-24-17)11-26-13(3)18(28)27(19(26)29)15-4-6-16(7-5-15)30-20(21,22)23/h4-10,12-13H,11H2,1-3H3,(H,24,25). The molecule has 1 aliphatic rings. The molecule has 2 aromatic rings. The summed E-state index contributed by atoms with van der Waals surface area (Å²) in [7, 11) is 0. The second kappa shape index (κ2) is 8.21. The van der Waals surface area contributed by atoms with Crippen molar-refractivity contribution in [3.8, 4) is 5.75 Å². The van der Waals surface area contributed by atoms with E-state index in [1.807, 2.05) is 13.8 Å². The van der Waals surface area contributed by atoms with Crippen LogP contribution in [0.4, 0.5) is 29.5 Å². The number of rotatable bonds is 6. The molecule has 1 aromatic heterocycles. The molecule has 10 heteroatoms. The largest absolute Gasteiger partial charge is 0.573 e. The van der Waals surface area contributed by atoms with Crippen molar-refractivity contribution in [2.75, 3.05) is 10.2 Å². The van der Waals surface area contributed by atoms with E-state index in [1.165, 1.54) is 17.0 Å². The Kier molecular flexibility index (Phi) is 5.86. The number of hydrogen-bond donors (Lipinski definition) is 1. The number of alkyl halides is 3. The van der Waals surface area contributed by atoms with E-state index in [0.717, 1.165) is 22.6 Å². The molecular formula is C20H21F3N4O3.